The summed E-state index contributed by atoms with van der Waals surface area (Å²) in [5, 5.41) is 4.31. The largest absolute Gasteiger partial charge is 0.272 e. The molecule has 0 radical (unpaired) electrons. The average molecular weight is 337 g/mol. The van der Waals surface area contributed by atoms with Crippen molar-refractivity contribution < 1.29 is 8.42 Å². The number of hydrogen-bond acceptors (Lipinski definition) is 6. The molecule has 0 aliphatic rings. The first kappa shape index (κ1) is 15.1. The van der Waals surface area contributed by atoms with Crippen molar-refractivity contribution >= 4 is 32.8 Å². The molecule has 22 heavy (non-hydrogen) atoms. The number of nitrogens with one attached hydrogen (secondary N) is 1. The van der Waals surface area contributed by atoms with E-state index in [1.54, 1.807) is 16.8 Å². The normalized spacial score (nSPS) is 12.1. The van der Waals surface area contributed by atoms with Crippen molar-refractivity contribution in [3.63, 3.8) is 0 Å². The number of aryl methyl sites for hydroxylation is 2. The number of aromatic nitrogens is 4. The van der Waals surface area contributed by atoms with Crippen LogP contribution in [0.25, 0.3) is 11.0 Å². The van der Waals surface area contributed by atoms with Crippen LogP contribution in [0.4, 0.5) is 0 Å². The molecule has 116 valence electrons. The number of sulfonamides is 1. The third-order valence-corrected chi connectivity index (χ3v) is 5.34. The lowest BCUT2D eigenvalue weighted by Crippen LogP contribution is -2.23. The Morgan fingerprint density at radius 3 is 2.86 bits per heavy atom. The van der Waals surface area contributed by atoms with Gasteiger partial charge in [0.2, 0.25) is 10.0 Å². The second-order valence-corrected chi connectivity index (χ2v) is 7.07. The molecule has 9 heteroatoms. The molecule has 0 spiro atoms. The van der Waals surface area contributed by atoms with Gasteiger partial charge in [0.25, 0.3) is 0 Å². The molecule has 0 bridgehead atoms. The molecule has 0 unspecified atom stereocenters. The first-order valence-corrected chi connectivity index (χ1v) is 8.96. The summed E-state index contributed by atoms with van der Waals surface area (Å²) in [4.78, 5) is 0.152. The SMILES string of the molecule is CCn1cc(CNS(=O)(=O)c2cccc3nsnc23)c(C)n1. The molecule has 3 aromatic rings. The standard InChI is InChI=1S/C13H15N5O2S2/c1-3-18-8-10(9(2)15-18)7-14-22(19,20)12-6-4-5-11-13(12)17-21-16-11/h4-6,8,14H,3,7H2,1-2H3. The Hall–Kier alpha value is -1.84. The van der Waals surface area contributed by atoms with Gasteiger partial charge in [-0.1, -0.05) is 6.07 Å². The molecule has 1 N–H and O–H groups in total. The number of rotatable bonds is 5. The highest BCUT2D eigenvalue weighted by Gasteiger charge is 2.19. The Kier molecular flexibility index (Phi) is 3.94. The monoisotopic (exact) mass is 337 g/mol. The Bertz CT molecular complexity index is 914. The maximum absolute atomic E-state index is 12.5. The molecule has 0 saturated carbocycles. The van der Waals surface area contributed by atoms with Crippen LogP contribution >= 0.6 is 11.7 Å². The summed E-state index contributed by atoms with van der Waals surface area (Å²) in [5.74, 6) is 0. The van der Waals surface area contributed by atoms with Gasteiger partial charge in [-0.2, -0.15) is 13.8 Å². The van der Waals surface area contributed by atoms with Crippen LogP contribution in [0.15, 0.2) is 29.3 Å². The fourth-order valence-electron chi connectivity index (χ4n) is 2.14. The second kappa shape index (κ2) is 5.75. The highest BCUT2D eigenvalue weighted by Crippen LogP contribution is 2.21. The smallest absolute Gasteiger partial charge is 0.243 e. The molecular weight excluding hydrogens is 322 g/mol. The lowest BCUT2D eigenvalue weighted by molar-refractivity contribution is 0.582. The molecule has 0 saturated heterocycles. The Labute approximate surface area is 132 Å². The third-order valence-electron chi connectivity index (χ3n) is 3.36. The lowest BCUT2D eigenvalue weighted by Gasteiger charge is -2.06. The van der Waals surface area contributed by atoms with E-state index in [1.807, 2.05) is 20.0 Å². The zero-order valence-electron chi connectivity index (χ0n) is 12.1. The summed E-state index contributed by atoms with van der Waals surface area (Å²) < 4.78 is 37.5. The number of hydrogen-bond donors (Lipinski definition) is 1. The molecule has 1 aromatic carbocycles. The van der Waals surface area contributed by atoms with E-state index in [0.717, 1.165) is 29.5 Å². The van der Waals surface area contributed by atoms with Gasteiger partial charge in [-0.25, -0.2) is 13.1 Å². The number of nitrogens with zero attached hydrogens (tertiary/aromatic N) is 4. The maximum Gasteiger partial charge on any atom is 0.243 e. The third kappa shape index (κ3) is 2.74. The molecule has 0 amide bonds. The van der Waals surface area contributed by atoms with E-state index in [-0.39, 0.29) is 11.4 Å². The molecular formula is C13H15N5O2S2. The average Bonchev–Trinajstić information content (AvgIpc) is 3.10. The first-order valence-electron chi connectivity index (χ1n) is 6.75. The van der Waals surface area contributed by atoms with Crippen LogP contribution < -0.4 is 4.72 Å². The lowest BCUT2D eigenvalue weighted by atomic mass is 10.3. The quantitative estimate of drug-likeness (QED) is 0.765. The molecule has 0 fully saturated rings. The molecule has 0 aliphatic carbocycles. The highest BCUT2D eigenvalue weighted by molar-refractivity contribution is 7.89. The van der Waals surface area contributed by atoms with Gasteiger partial charge in [-0.3, -0.25) is 4.68 Å². The molecule has 7 nitrogen and oxygen atoms in total. The summed E-state index contributed by atoms with van der Waals surface area (Å²) in [7, 11) is -3.65. The van der Waals surface area contributed by atoms with Crippen molar-refractivity contribution in [1.29, 1.82) is 0 Å². The highest BCUT2D eigenvalue weighted by atomic mass is 32.2. The van der Waals surface area contributed by atoms with Crippen molar-refractivity contribution in [3.8, 4) is 0 Å². The molecule has 0 atom stereocenters. The van der Waals surface area contributed by atoms with E-state index < -0.39 is 10.0 Å². The van der Waals surface area contributed by atoms with E-state index in [9.17, 15) is 8.42 Å². The number of fused-ring (bicyclic) bond motifs is 1. The molecule has 2 heterocycles. The summed E-state index contributed by atoms with van der Waals surface area (Å²) >= 11 is 1.00. The van der Waals surface area contributed by atoms with Gasteiger partial charge in [0.05, 0.1) is 17.4 Å². The first-order chi connectivity index (χ1) is 10.5. The minimum atomic E-state index is -3.65. The summed E-state index contributed by atoms with van der Waals surface area (Å²) in [6, 6.07) is 4.94. The van der Waals surface area contributed by atoms with Crippen LogP contribution in [0.3, 0.4) is 0 Å². The summed E-state index contributed by atoms with van der Waals surface area (Å²) in [6.45, 7) is 4.79. The fraction of sp³-hybridized carbons (Fsp3) is 0.308. The zero-order chi connectivity index (χ0) is 15.7. The van der Waals surface area contributed by atoms with E-state index in [4.69, 9.17) is 0 Å². The minimum absolute atomic E-state index is 0.152. The van der Waals surface area contributed by atoms with Gasteiger partial charge in [-0.05, 0) is 26.0 Å². The topological polar surface area (TPSA) is 89.8 Å². The van der Waals surface area contributed by atoms with Crippen LogP contribution in [-0.2, 0) is 23.1 Å². The summed E-state index contributed by atoms with van der Waals surface area (Å²) in [5.41, 5.74) is 2.66. The summed E-state index contributed by atoms with van der Waals surface area (Å²) in [6.07, 6.45) is 1.85. The van der Waals surface area contributed by atoms with Crippen LogP contribution in [0, 0.1) is 6.92 Å². The Morgan fingerprint density at radius 2 is 2.14 bits per heavy atom. The minimum Gasteiger partial charge on any atom is -0.272 e. The predicted octanol–water partition coefficient (Wildman–Crippen LogP) is 1.69. The zero-order valence-corrected chi connectivity index (χ0v) is 13.8. The van der Waals surface area contributed by atoms with E-state index >= 15 is 0 Å². The van der Waals surface area contributed by atoms with Crippen molar-refractivity contribution in [2.75, 3.05) is 0 Å². The van der Waals surface area contributed by atoms with Gasteiger partial charge in [0, 0.05) is 24.8 Å². The van der Waals surface area contributed by atoms with Crippen molar-refractivity contribution in [3.05, 3.63) is 35.7 Å². The van der Waals surface area contributed by atoms with Crippen LogP contribution in [0.2, 0.25) is 0 Å². The second-order valence-electron chi connectivity index (χ2n) is 4.81. The fourth-order valence-corrected chi connectivity index (χ4v) is 3.91. The maximum atomic E-state index is 12.5. The van der Waals surface area contributed by atoms with Crippen molar-refractivity contribution in [1.82, 2.24) is 23.2 Å². The van der Waals surface area contributed by atoms with Gasteiger partial charge in [0.15, 0.2) is 0 Å². The Morgan fingerprint density at radius 1 is 1.32 bits per heavy atom. The van der Waals surface area contributed by atoms with Crippen LogP contribution in [-0.4, -0.2) is 26.9 Å². The molecule has 0 aliphatic heterocycles. The van der Waals surface area contributed by atoms with Gasteiger partial charge in [-0.15, -0.1) is 0 Å². The number of benzene rings is 1. The van der Waals surface area contributed by atoms with Crippen LogP contribution in [0.1, 0.15) is 18.2 Å². The van der Waals surface area contributed by atoms with Crippen LogP contribution in [0.5, 0.6) is 0 Å². The predicted molar refractivity (Wildman–Crippen MR) is 84.1 cm³/mol. The van der Waals surface area contributed by atoms with Crippen molar-refractivity contribution in [2.24, 2.45) is 0 Å². The molecule has 3 rings (SSSR count). The Balaban J connectivity index is 1.87. The van der Waals surface area contributed by atoms with Gasteiger partial charge >= 0.3 is 0 Å². The van der Waals surface area contributed by atoms with E-state index in [0.29, 0.717) is 11.0 Å². The van der Waals surface area contributed by atoms with Gasteiger partial charge in [0.1, 0.15) is 15.9 Å². The van der Waals surface area contributed by atoms with E-state index in [2.05, 4.69) is 18.6 Å². The van der Waals surface area contributed by atoms with Gasteiger partial charge < -0.3 is 0 Å². The van der Waals surface area contributed by atoms with E-state index in [1.165, 1.54) is 6.07 Å². The van der Waals surface area contributed by atoms with Crippen molar-refractivity contribution in [2.45, 2.75) is 31.8 Å². The molecule has 2 aromatic heterocycles.